The van der Waals surface area contributed by atoms with E-state index < -0.39 is 5.97 Å². The first-order chi connectivity index (χ1) is 10.1. The summed E-state index contributed by atoms with van der Waals surface area (Å²) >= 11 is 1.54. The number of hydrogen-bond donors (Lipinski definition) is 3. The zero-order valence-corrected chi connectivity index (χ0v) is 13.6. The van der Waals surface area contributed by atoms with Gasteiger partial charge in [-0.3, -0.25) is 0 Å². The van der Waals surface area contributed by atoms with E-state index in [-0.39, 0.29) is 6.61 Å². The SMILES string of the molecule is CCCC(CCO)CNc1cccc(SCC)c1C(=O)O. The van der Waals surface area contributed by atoms with Gasteiger partial charge in [0.2, 0.25) is 0 Å². The third-order valence-electron chi connectivity index (χ3n) is 3.36. The van der Waals surface area contributed by atoms with Crippen molar-refractivity contribution in [2.24, 2.45) is 5.92 Å². The minimum Gasteiger partial charge on any atom is -0.478 e. The van der Waals surface area contributed by atoms with Crippen molar-refractivity contribution < 1.29 is 15.0 Å². The monoisotopic (exact) mass is 311 g/mol. The second kappa shape index (κ2) is 9.68. The topological polar surface area (TPSA) is 69.6 Å². The molecular formula is C16H25NO3S. The van der Waals surface area contributed by atoms with Crippen molar-refractivity contribution in [2.45, 2.75) is 38.0 Å². The maximum atomic E-state index is 11.5. The molecule has 0 aromatic heterocycles. The van der Waals surface area contributed by atoms with E-state index in [9.17, 15) is 9.90 Å². The van der Waals surface area contributed by atoms with Crippen molar-refractivity contribution in [1.29, 1.82) is 0 Å². The van der Waals surface area contributed by atoms with E-state index in [1.807, 2.05) is 25.1 Å². The van der Waals surface area contributed by atoms with Gasteiger partial charge in [0.05, 0.1) is 5.56 Å². The van der Waals surface area contributed by atoms with Crippen molar-refractivity contribution in [3.05, 3.63) is 23.8 Å². The Labute approximate surface area is 131 Å². The molecule has 1 unspecified atom stereocenters. The van der Waals surface area contributed by atoms with E-state index in [1.54, 1.807) is 0 Å². The minimum atomic E-state index is -0.900. The number of hydrogen-bond acceptors (Lipinski definition) is 4. The maximum absolute atomic E-state index is 11.5. The second-order valence-electron chi connectivity index (χ2n) is 4.96. The summed E-state index contributed by atoms with van der Waals surface area (Å²) in [5.74, 6) is 0.305. The van der Waals surface area contributed by atoms with Crippen LogP contribution in [0.4, 0.5) is 5.69 Å². The molecule has 0 heterocycles. The van der Waals surface area contributed by atoms with Crippen LogP contribution in [0.3, 0.4) is 0 Å². The highest BCUT2D eigenvalue weighted by Crippen LogP contribution is 2.29. The zero-order chi connectivity index (χ0) is 15.7. The van der Waals surface area contributed by atoms with E-state index in [0.29, 0.717) is 23.7 Å². The van der Waals surface area contributed by atoms with Crippen LogP contribution >= 0.6 is 11.8 Å². The highest BCUT2D eigenvalue weighted by atomic mass is 32.2. The van der Waals surface area contributed by atoms with Gasteiger partial charge >= 0.3 is 5.97 Å². The molecule has 0 radical (unpaired) electrons. The number of anilines is 1. The van der Waals surface area contributed by atoms with E-state index in [2.05, 4.69) is 12.2 Å². The molecule has 5 heteroatoms. The normalized spacial score (nSPS) is 12.1. The number of rotatable bonds is 10. The number of carboxylic acids is 1. The molecule has 0 aliphatic rings. The number of aliphatic hydroxyl groups excluding tert-OH is 1. The summed E-state index contributed by atoms with van der Waals surface area (Å²) in [6.07, 6.45) is 2.83. The lowest BCUT2D eigenvalue weighted by molar-refractivity contribution is 0.0694. The third kappa shape index (κ3) is 5.59. The van der Waals surface area contributed by atoms with Gasteiger partial charge in [0.15, 0.2) is 0 Å². The van der Waals surface area contributed by atoms with Crippen LogP contribution in [0, 0.1) is 5.92 Å². The van der Waals surface area contributed by atoms with Crippen molar-refractivity contribution >= 4 is 23.4 Å². The molecule has 21 heavy (non-hydrogen) atoms. The fraction of sp³-hybridized carbons (Fsp3) is 0.562. The van der Waals surface area contributed by atoms with E-state index in [1.165, 1.54) is 11.8 Å². The highest BCUT2D eigenvalue weighted by molar-refractivity contribution is 7.99. The lowest BCUT2D eigenvalue weighted by Crippen LogP contribution is -2.17. The number of aliphatic hydroxyl groups is 1. The van der Waals surface area contributed by atoms with Crippen LogP contribution in [0.1, 0.15) is 43.5 Å². The van der Waals surface area contributed by atoms with Crippen LogP contribution in [-0.4, -0.2) is 35.1 Å². The van der Waals surface area contributed by atoms with E-state index in [4.69, 9.17) is 5.11 Å². The maximum Gasteiger partial charge on any atom is 0.338 e. The molecule has 1 aromatic carbocycles. The summed E-state index contributed by atoms with van der Waals surface area (Å²) < 4.78 is 0. The summed E-state index contributed by atoms with van der Waals surface area (Å²) in [6, 6.07) is 5.54. The van der Waals surface area contributed by atoms with E-state index >= 15 is 0 Å². The summed E-state index contributed by atoms with van der Waals surface area (Å²) in [4.78, 5) is 12.3. The minimum absolute atomic E-state index is 0.170. The number of thioether (sulfide) groups is 1. The molecule has 3 N–H and O–H groups in total. The summed E-state index contributed by atoms with van der Waals surface area (Å²) in [5.41, 5.74) is 1.02. The van der Waals surface area contributed by atoms with Crippen molar-refractivity contribution in [3.63, 3.8) is 0 Å². The number of benzene rings is 1. The van der Waals surface area contributed by atoms with Crippen LogP contribution in [-0.2, 0) is 0 Å². The zero-order valence-electron chi connectivity index (χ0n) is 12.8. The van der Waals surface area contributed by atoms with Crippen molar-refractivity contribution in [2.75, 3.05) is 24.2 Å². The first-order valence-electron chi connectivity index (χ1n) is 7.47. The van der Waals surface area contributed by atoms with Crippen LogP contribution < -0.4 is 5.32 Å². The number of aromatic carboxylic acids is 1. The predicted octanol–water partition coefficient (Wildman–Crippen LogP) is 3.71. The van der Waals surface area contributed by atoms with Crippen LogP contribution in [0.5, 0.6) is 0 Å². The van der Waals surface area contributed by atoms with Crippen molar-refractivity contribution in [1.82, 2.24) is 0 Å². The Hall–Kier alpha value is -1.20. The standard InChI is InChI=1S/C16H25NO3S/c1-3-6-12(9-10-18)11-17-13-7-5-8-14(21-4-2)15(13)16(19)20/h5,7-8,12,17-18H,3-4,6,9-11H2,1-2H3,(H,19,20). The number of carboxylic acid groups (broad SMARTS) is 1. The quantitative estimate of drug-likeness (QED) is 0.575. The largest absolute Gasteiger partial charge is 0.478 e. The summed E-state index contributed by atoms with van der Waals surface area (Å²) in [5, 5.41) is 21.8. The molecule has 0 spiro atoms. The van der Waals surface area contributed by atoms with Gasteiger partial charge in [-0.1, -0.05) is 26.3 Å². The van der Waals surface area contributed by atoms with Gasteiger partial charge in [0.1, 0.15) is 0 Å². The number of nitrogens with one attached hydrogen (secondary N) is 1. The van der Waals surface area contributed by atoms with Crippen LogP contribution in [0.15, 0.2) is 23.1 Å². The molecule has 1 aromatic rings. The molecule has 0 bridgehead atoms. The van der Waals surface area contributed by atoms with Crippen LogP contribution in [0.25, 0.3) is 0 Å². The van der Waals surface area contributed by atoms with Gasteiger partial charge in [-0.05, 0) is 36.6 Å². The average Bonchev–Trinajstić information content (AvgIpc) is 2.45. The second-order valence-corrected chi connectivity index (χ2v) is 6.27. The average molecular weight is 311 g/mol. The van der Waals surface area contributed by atoms with Gasteiger partial charge in [0.25, 0.3) is 0 Å². The molecule has 0 aliphatic carbocycles. The Balaban J connectivity index is 2.86. The summed E-state index contributed by atoms with van der Waals surface area (Å²) in [7, 11) is 0. The third-order valence-corrected chi connectivity index (χ3v) is 4.30. The Morgan fingerprint density at radius 2 is 2.10 bits per heavy atom. The van der Waals surface area contributed by atoms with E-state index in [0.717, 1.165) is 29.9 Å². The molecule has 0 fully saturated rings. The molecular weight excluding hydrogens is 286 g/mol. The highest BCUT2D eigenvalue weighted by Gasteiger charge is 2.16. The number of carbonyl (C=O) groups is 1. The van der Waals surface area contributed by atoms with Gasteiger partial charge in [-0.25, -0.2) is 4.79 Å². The smallest absolute Gasteiger partial charge is 0.338 e. The molecule has 0 saturated heterocycles. The fourth-order valence-electron chi connectivity index (χ4n) is 2.37. The van der Waals surface area contributed by atoms with Gasteiger partial charge in [-0.2, -0.15) is 0 Å². The van der Waals surface area contributed by atoms with Gasteiger partial charge in [-0.15, -0.1) is 11.8 Å². The molecule has 1 atom stereocenters. The lowest BCUT2D eigenvalue weighted by Gasteiger charge is -2.18. The molecule has 118 valence electrons. The predicted molar refractivity (Wildman–Crippen MR) is 88.4 cm³/mol. The first-order valence-corrected chi connectivity index (χ1v) is 8.46. The Morgan fingerprint density at radius 3 is 2.67 bits per heavy atom. The van der Waals surface area contributed by atoms with Crippen LogP contribution in [0.2, 0.25) is 0 Å². The molecule has 4 nitrogen and oxygen atoms in total. The van der Waals surface area contributed by atoms with Gasteiger partial charge in [0, 0.05) is 23.7 Å². The fourth-order valence-corrected chi connectivity index (χ4v) is 3.20. The Bertz CT molecular complexity index is 445. The molecule has 1 rings (SSSR count). The first kappa shape index (κ1) is 17.9. The van der Waals surface area contributed by atoms with Crippen molar-refractivity contribution in [3.8, 4) is 0 Å². The summed E-state index contributed by atoms with van der Waals surface area (Å²) in [6.45, 7) is 4.99. The molecule has 0 amide bonds. The lowest BCUT2D eigenvalue weighted by atomic mass is 10.00. The Morgan fingerprint density at radius 1 is 1.33 bits per heavy atom. The van der Waals surface area contributed by atoms with Gasteiger partial charge < -0.3 is 15.5 Å². The molecule has 0 aliphatic heterocycles. The molecule has 0 saturated carbocycles. The Kier molecular flexibility index (Phi) is 8.23.